The van der Waals surface area contributed by atoms with E-state index in [1.165, 1.54) is 23.9 Å². The number of nitrogens with two attached hydrogens (primary N) is 1. The SMILES string of the molecule is COc1cc(NS(=O)(=O)O)ccc1Cn1nnc2c(-c3ccccc3OC)nc(N)nc21. The van der Waals surface area contributed by atoms with E-state index in [0.29, 0.717) is 39.5 Å². The number of aromatic nitrogens is 5. The third-order valence-corrected chi connectivity index (χ3v) is 5.09. The number of ether oxygens (including phenoxy) is 2. The first kappa shape index (κ1) is 21.3. The zero-order chi connectivity index (χ0) is 22.9. The van der Waals surface area contributed by atoms with Crippen molar-refractivity contribution >= 4 is 33.1 Å². The largest absolute Gasteiger partial charge is 0.496 e. The Bertz CT molecular complexity index is 1400. The van der Waals surface area contributed by atoms with Gasteiger partial charge in [-0.15, -0.1) is 5.10 Å². The lowest BCUT2D eigenvalue weighted by molar-refractivity contribution is 0.407. The summed E-state index contributed by atoms with van der Waals surface area (Å²) < 4.78 is 45.4. The van der Waals surface area contributed by atoms with Crippen molar-refractivity contribution in [2.24, 2.45) is 0 Å². The Hall–Kier alpha value is -3.97. The highest BCUT2D eigenvalue weighted by Gasteiger charge is 2.19. The van der Waals surface area contributed by atoms with E-state index in [-0.39, 0.29) is 18.2 Å². The first-order valence-corrected chi connectivity index (χ1v) is 10.7. The molecule has 0 unspecified atom stereocenters. The number of benzene rings is 2. The van der Waals surface area contributed by atoms with E-state index in [2.05, 4.69) is 20.3 Å². The number of hydrogen-bond acceptors (Lipinski definition) is 9. The summed E-state index contributed by atoms with van der Waals surface area (Å²) >= 11 is 0. The van der Waals surface area contributed by atoms with Gasteiger partial charge in [0.05, 0.1) is 26.5 Å². The average Bonchev–Trinajstić information content (AvgIpc) is 3.15. The molecule has 0 amide bonds. The van der Waals surface area contributed by atoms with E-state index in [1.807, 2.05) is 22.9 Å². The van der Waals surface area contributed by atoms with Crippen molar-refractivity contribution in [3.63, 3.8) is 0 Å². The van der Waals surface area contributed by atoms with Crippen LogP contribution >= 0.6 is 0 Å². The van der Waals surface area contributed by atoms with Crippen molar-refractivity contribution in [3.05, 3.63) is 48.0 Å². The van der Waals surface area contributed by atoms with E-state index in [9.17, 15) is 8.42 Å². The number of nitrogens with one attached hydrogen (secondary N) is 1. The lowest BCUT2D eigenvalue weighted by Gasteiger charge is -2.11. The van der Waals surface area contributed by atoms with Crippen LogP contribution < -0.4 is 19.9 Å². The topological polar surface area (TPSA) is 167 Å². The number of rotatable bonds is 7. The van der Waals surface area contributed by atoms with Gasteiger partial charge in [0.1, 0.15) is 17.2 Å². The molecule has 13 heteroatoms. The summed E-state index contributed by atoms with van der Waals surface area (Å²) in [5, 5.41) is 8.43. The van der Waals surface area contributed by atoms with Gasteiger partial charge in [0, 0.05) is 17.2 Å². The molecule has 0 aliphatic rings. The van der Waals surface area contributed by atoms with E-state index in [0.717, 1.165) is 0 Å². The Morgan fingerprint density at radius 1 is 1.09 bits per heavy atom. The van der Waals surface area contributed by atoms with Crippen LogP contribution in [0, 0.1) is 0 Å². The van der Waals surface area contributed by atoms with E-state index in [1.54, 1.807) is 19.2 Å². The normalized spacial score (nSPS) is 11.5. The second-order valence-corrected chi connectivity index (χ2v) is 7.81. The van der Waals surface area contributed by atoms with E-state index < -0.39 is 10.3 Å². The van der Waals surface area contributed by atoms with Crippen LogP contribution in [0.4, 0.5) is 11.6 Å². The molecule has 12 nitrogen and oxygen atoms in total. The van der Waals surface area contributed by atoms with Crippen LogP contribution in [0.1, 0.15) is 5.56 Å². The van der Waals surface area contributed by atoms with Gasteiger partial charge in [-0.25, -0.2) is 9.67 Å². The molecule has 0 aliphatic heterocycles. The number of methoxy groups -OCH3 is 2. The van der Waals surface area contributed by atoms with Crippen molar-refractivity contribution in [1.82, 2.24) is 25.0 Å². The van der Waals surface area contributed by atoms with Crippen molar-refractivity contribution in [3.8, 4) is 22.8 Å². The number of fused-ring (bicyclic) bond motifs is 1. The molecule has 4 N–H and O–H groups in total. The fourth-order valence-electron chi connectivity index (χ4n) is 3.26. The first-order valence-electron chi connectivity index (χ1n) is 9.21. The number of anilines is 2. The lowest BCUT2D eigenvalue weighted by Crippen LogP contribution is -2.11. The van der Waals surface area contributed by atoms with Crippen molar-refractivity contribution in [2.45, 2.75) is 6.54 Å². The second kappa shape index (κ2) is 8.28. The molecule has 0 aliphatic carbocycles. The molecule has 4 rings (SSSR count). The fourth-order valence-corrected chi connectivity index (χ4v) is 3.68. The minimum atomic E-state index is -4.41. The zero-order valence-corrected chi connectivity index (χ0v) is 17.9. The highest BCUT2D eigenvalue weighted by Crippen LogP contribution is 2.33. The summed E-state index contributed by atoms with van der Waals surface area (Å²) in [5.74, 6) is 1.01. The minimum absolute atomic E-state index is 0.0432. The molecule has 0 radical (unpaired) electrons. The number of nitrogens with zero attached hydrogens (tertiary/aromatic N) is 5. The van der Waals surface area contributed by atoms with Crippen molar-refractivity contribution < 1.29 is 22.4 Å². The average molecular weight is 457 g/mol. The quantitative estimate of drug-likeness (QED) is 0.348. The lowest BCUT2D eigenvalue weighted by atomic mass is 10.1. The molecule has 2 aromatic carbocycles. The predicted octanol–water partition coefficient (Wildman–Crippen LogP) is 1.75. The van der Waals surface area contributed by atoms with Crippen LogP contribution in [0.15, 0.2) is 42.5 Å². The van der Waals surface area contributed by atoms with Gasteiger partial charge in [0.15, 0.2) is 11.2 Å². The van der Waals surface area contributed by atoms with Crippen LogP contribution in [-0.2, 0) is 16.8 Å². The fraction of sp³-hybridized carbons (Fsp3) is 0.158. The maximum absolute atomic E-state index is 11.1. The Kier molecular flexibility index (Phi) is 5.50. The van der Waals surface area contributed by atoms with Gasteiger partial charge in [0.2, 0.25) is 5.95 Å². The predicted molar refractivity (Wildman–Crippen MR) is 117 cm³/mol. The Morgan fingerprint density at radius 2 is 1.84 bits per heavy atom. The highest BCUT2D eigenvalue weighted by atomic mass is 32.2. The van der Waals surface area contributed by atoms with Crippen molar-refractivity contribution in [1.29, 1.82) is 0 Å². The van der Waals surface area contributed by atoms with E-state index in [4.69, 9.17) is 19.8 Å². The third-order valence-electron chi connectivity index (χ3n) is 4.60. The maximum Gasteiger partial charge on any atom is 0.357 e. The third kappa shape index (κ3) is 4.24. The molecule has 166 valence electrons. The van der Waals surface area contributed by atoms with Gasteiger partial charge >= 0.3 is 10.3 Å². The molecule has 0 spiro atoms. The van der Waals surface area contributed by atoms with Crippen molar-refractivity contribution in [2.75, 3.05) is 24.7 Å². The van der Waals surface area contributed by atoms with Gasteiger partial charge in [-0.05, 0) is 18.2 Å². The second-order valence-electron chi connectivity index (χ2n) is 6.65. The van der Waals surface area contributed by atoms with Gasteiger partial charge in [-0.1, -0.05) is 23.4 Å². The molecule has 2 aromatic heterocycles. The van der Waals surface area contributed by atoms with Gasteiger partial charge in [0.25, 0.3) is 0 Å². The Morgan fingerprint density at radius 3 is 2.56 bits per heavy atom. The Balaban J connectivity index is 1.77. The summed E-state index contributed by atoms with van der Waals surface area (Å²) in [5.41, 5.74) is 8.78. The van der Waals surface area contributed by atoms with Crippen LogP contribution in [0.25, 0.3) is 22.4 Å². The van der Waals surface area contributed by atoms with Gasteiger partial charge in [-0.3, -0.25) is 9.27 Å². The summed E-state index contributed by atoms with van der Waals surface area (Å²) in [6, 6.07) is 11.9. The Labute approximate surface area is 182 Å². The maximum atomic E-state index is 11.1. The molecule has 4 aromatic rings. The molecule has 32 heavy (non-hydrogen) atoms. The summed E-state index contributed by atoms with van der Waals surface area (Å²) in [6.45, 7) is 0.202. The summed E-state index contributed by atoms with van der Waals surface area (Å²) in [4.78, 5) is 8.63. The number of hydrogen-bond donors (Lipinski definition) is 3. The van der Waals surface area contributed by atoms with Crippen LogP contribution in [-0.4, -0.2) is 52.2 Å². The van der Waals surface area contributed by atoms with E-state index >= 15 is 0 Å². The smallest absolute Gasteiger partial charge is 0.357 e. The molecule has 0 atom stereocenters. The van der Waals surface area contributed by atoms with Crippen LogP contribution in [0.5, 0.6) is 11.5 Å². The molecule has 0 saturated heterocycles. The molecular formula is C19H19N7O5S. The summed E-state index contributed by atoms with van der Waals surface area (Å²) in [6.07, 6.45) is 0. The van der Waals surface area contributed by atoms with Crippen LogP contribution in [0.3, 0.4) is 0 Å². The molecule has 2 heterocycles. The number of para-hydroxylation sites is 1. The van der Waals surface area contributed by atoms with Gasteiger partial charge < -0.3 is 15.2 Å². The molecular weight excluding hydrogens is 438 g/mol. The van der Waals surface area contributed by atoms with Gasteiger partial charge in [-0.2, -0.15) is 13.4 Å². The van der Waals surface area contributed by atoms with Crippen LogP contribution in [0.2, 0.25) is 0 Å². The molecule has 0 bridgehead atoms. The molecule has 0 saturated carbocycles. The molecule has 0 fully saturated rings. The standard InChI is InChI=1S/C19H19N7O5S/c1-30-14-6-4-3-5-13(14)16-17-18(22-19(20)21-16)26(25-23-17)10-11-7-8-12(9-15(11)31-2)24-32(27,28)29/h3-9,24H,10H2,1-2H3,(H2,20,21,22)(H,27,28,29). The summed E-state index contributed by atoms with van der Waals surface area (Å²) in [7, 11) is -1.41. The highest BCUT2D eigenvalue weighted by molar-refractivity contribution is 7.87. The monoisotopic (exact) mass is 457 g/mol. The first-order chi connectivity index (χ1) is 15.3. The number of nitrogen functional groups attached to an aromatic ring is 1. The zero-order valence-electron chi connectivity index (χ0n) is 17.1. The minimum Gasteiger partial charge on any atom is -0.496 e.